The van der Waals surface area contributed by atoms with Gasteiger partial charge in [-0.1, -0.05) is 24.3 Å². The zero-order valence-electron chi connectivity index (χ0n) is 13.4. The number of sulfonamides is 1. The Morgan fingerprint density at radius 3 is 2.68 bits per heavy atom. The summed E-state index contributed by atoms with van der Waals surface area (Å²) < 4.78 is 42.1. The number of benzene rings is 2. The summed E-state index contributed by atoms with van der Waals surface area (Å²) in [6.45, 7) is 0.758. The van der Waals surface area contributed by atoms with Crippen molar-refractivity contribution < 1.29 is 12.8 Å². The Morgan fingerprint density at radius 1 is 1.12 bits per heavy atom. The maximum Gasteiger partial charge on any atom is 0.246 e. The summed E-state index contributed by atoms with van der Waals surface area (Å²) in [7, 11) is -3.83. The first-order valence-corrected chi connectivity index (χ1v) is 10.4. The summed E-state index contributed by atoms with van der Waals surface area (Å²) in [5.41, 5.74) is 0.941. The summed E-state index contributed by atoms with van der Waals surface area (Å²) in [5, 5.41) is 0.953. The van der Waals surface area contributed by atoms with Gasteiger partial charge in [-0.05, 0) is 37.1 Å². The van der Waals surface area contributed by atoms with Gasteiger partial charge in [-0.2, -0.15) is 4.31 Å². The third-order valence-corrected chi connectivity index (χ3v) is 7.60. The molecule has 1 fully saturated rings. The van der Waals surface area contributed by atoms with Crippen molar-refractivity contribution in [2.24, 2.45) is 0 Å². The van der Waals surface area contributed by atoms with Gasteiger partial charge in [-0.25, -0.2) is 17.8 Å². The molecule has 0 aliphatic carbocycles. The van der Waals surface area contributed by atoms with Gasteiger partial charge in [-0.3, -0.25) is 0 Å². The fourth-order valence-corrected chi connectivity index (χ4v) is 5.90. The van der Waals surface area contributed by atoms with E-state index in [2.05, 4.69) is 4.98 Å². The van der Waals surface area contributed by atoms with Crippen molar-refractivity contribution in [1.82, 2.24) is 9.29 Å². The predicted octanol–water partition coefficient (Wildman–Crippen LogP) is 4.00. The zero-order chi connectivity index (χ0) is 17.4. The monoisotopic (exact) mass is 376 g/mol. The predicted molar refractivity (Wildman–Crippen MR) is 96.8 cm³/mol. The molecular weight excluding hydrogens is 359 g/mol. The van der Waals surface area contributed by atoms with Crippen molar-refractivity contribution in [3.05, 3.63) is 59.4 Å². The molecule has 7 heteroatoms. The number of rotatable bonds is 3. The summed E-state index contributed by atoms with van der Waals surface area (Å²) in [6.07, 6.45) is 1.64. The van der Waals surface area contributed by atoms with E-state index in [1.807, 2.05) is 24.3 Å². The van der Waals surface area contributed by atoms with Crippen LogP contribution in [0.25, 0.3) is 10.2 Å². The first kappa shape index (κ1) is 16.6. The van der Waals surface area contributed by atoms with Crippen LogP contribution < -0.4 is 0 Å². The molecule has 1 unspecified atom stereocenters. The standard InChI is InChI=1S/C18H17FN2O2S2/c19-14-7-1-4-10-17(14)25(22,23)21-11-5-6-13(12-21)18-20-15-8-2-3-9-16(15)24-18/h1-4,7-10,13H,5-6,11-12H2. The SMILES string of the molecule is O=S(=O)(c1ccccc1F)N1CCCC(c2nc3ccccc3s2)C1. The highest BCUT2D eigenvalue weighted by Crippen LogP contribution is 2.34. The Labute approximate surface area is 150 Å². The van der Waals surface area contributed by atoms with E-state index in [1.54, 1.807) is 17.4 Å². The molecule has 0 radical (unpaired) electrons. The van der Waals surface area contributed by atoms with E-state index in [9.17, 15) is 12.8 Å². The number of hydrogen-bond acceptors (Lipinski definition) is 4. The first-order chi connectivity index (χ1) is 12.1. The lowest BCUT2D eigenvalue weighted by Gasteiger charge is -2.31. The molecule has 4 nitrogen and oxygen atoms in total. The second-order valence-electron chi connectivity index (χ2n) is 6.15. The lowest BCUT2D eigenvalue weighted by molar-refractivity contribution is 0.314. The van der Waals surface area contributed by atoms with E-state index >= 15 is 0 Å². The van der Waals surface area contributed by atoms with E-state index in [0.717, 1.165) is 28.1 Å². The van der Waals surface area contributed by atoms with E-state index in [4.69, 9.17) is 0 Å². The second-order valence-corrected chi connectivity index (χ2v) is 9.12. The minimum absolute atomic E-state index is 0.0488. The molecule has 1 aromatic heterocycles. The molecule has 3 aromatic rings. The van der Waals surface area contributed by atoms with Gasteiger partial charge in [0.25, 0.3) is 0 Å². The third-order valence-electron chi connectivity index (χ3n) is 4.50. The molecule has 1 atom stereocenters. The van der Waals surface area contributed by atoms with Crippen LogP contribution in [0, 0.1) is 5.82 Å². The quantitative estimate of drug-likeness (QED) is 0.694. The van der Waals surface area contributed by atoms with Crippen LogP contribution in [0.3, 0.4) is 0 Å². The number of fused-ring (bicyclic) bond motifs is 1. The molecule has 2 heterocycles. The fraction of sp³-hybridized carbons (Fsp3) is 0.278. The molecular formula is C18H17FN2O2S2. The number of halogens is 1. The summed E-state index contributed by atoms with van der Waals surface area (Å²) in [6, 6.07) is 13.5. The van der Waals surface area contributed by atoms with Gasteiger partial charge in [0.15, 0.2) is 0 Å². The van der Waals surface area contributed by atoms with E-state index < -0.39 is 15.8 Å². The highest BCUT2D eigenvalue weighted by Gasteiger charge is 2.33. The maximum absolute atomic E-state index is 14.0. The molecule has 2 aromatic carbocycles. The number of thiazole rings is 1. The number of piperidine rings is 1. The van der Waals surface area contributed by atoms with Crippen LogP contribution in [0.15, 0.2) is 53.4 Å². The van der Waals surface area contributed by atoms with Gasteiger partial charge in [0.1, 0.15) is 10.7 Å². The van der Waals surface area contributed by atoms with Crippen molar-refractivity contribution in [2.75, 3.05) is 13.1 Å². The third kappa shape index (κ3) is 3.07. The van der Waals surface area contributed by atoms with Gasteiger partial charge >= 0.3 is 0 Å². The van der Waals surface area contributed by atoms with Gasteiger partial charge in [0.2, 0.25) is 10.0 Å². The van der Waals surface area contributed by atoms with Crippen LogP contribution in [0.4, 0.5) is 4.39 Å². The molecule has 0 bridgehead atoms. The molecule has 0 amide bonds. The Balaban J connectivity index is 1.63. The Hall–Kier alpha value is -1.83. The number of hydrogen-bond donors (Lipinski definition) is 0. The van der Waals surface area contributed by atoms with Crippen LogP contribution in [0.1, 0.15) is 23.8 Å². The van der Waals surface area contributed by atoms with Gasteiger partial charge in [0, 0.05) is 19.0 Å². The molecule has 1 saturated heterocycles. The zero-order valence-corrected chi connectivity index (χ0v) is 15.1. The summed E-state index contributed by atoms with van der Waals surface area (Å²) >= 11 is 1.61. The first-order valence-electron chi connectivity index (χ1n) is 8.16. The van der Waals surface area contributed by atoms with Crippen molar-refractivity contribution >= 4 is 31.6 Å². The normalized spacial score (nSPS) is 19.3. The Bertz CT molecular complexity index is 984. The van der Waals surface area contributed by atoms with E-state index in [0.29, 0.717) is 13.1 Å². The number of para-hydroxylation sites is 1. The van der Waals surface area contributed by atoms with Gasteiger partial charge < -0.3 is 0 Å². The van der Waals surface area contributed by atoms with Gasteiger partial charge in [0.05, 0.1) is 15.2 Å². The average Bonchev–Trinajstić information content (AvgIpc) is 3.06. The highest BCUT2D eigenvalue weighted by atomic mass is 32.2. The Morgan fingerprint density at radius 2 is 1.88 bits per heavy atom. The van der Waals surface area contributed by atoms with Crippen molar-refractivity contribution in [3.8, 4) is 0 Å². The lowest BCUT2D eigenvalue weighted by atomic mass is 10.0. The second kappa shape index (κ2) is 6.48. The van der Waals surface area contributed by atoms with Crippen LogP contribution in [0.5, 0.6) is 0 Å². The molecule has 4 rings (SSSR count). The fourth-order valence-electron chi connectivity index (χ4n) is 3.22. The minimum Gasteiger partial charge on any atom is -0.241 e. The van der Waals surface area contributed by atoms with Crippen molar-refractivity contribution in [2.45, 2.75) is 23.7 Å². The lowest BCUT2D eigenvalue weighted by Crippen LogP contribution is -2.39. The summed E-state index contributed by atoms with van der Waals surface area (Å²) in [4.78, 5) is 4.42. The largest absolute Gasteiger partial charge is 0.246 e. The average molecular weight is 376 g/mol. The maximum atomic E-state index is 14.0. The van der Waals surface area contributed by atoms with Crippen LogP contribution >= 0.6 is 11.3 Å². The molecule has 0 spiro atoms. The molecule has 1 aliphatic rings. The van der Waals surface area contributed by atoms with Crippen LogP contribution in [-0.2, 0) is 10.0 Å². The molecule has 0 saturated carbocycles. The van der Waals surface area contributed by atoms with Crippen LogP contribution in [-0.4, -0.2) is 30.8 Å². The topological polar surface area (TPSA) is 50.3 Å². The van der Waals surface area contributed by atoms with Crippen molar-refractivity contribution in [3.63, 3.8) is 0 Å². The number of nitrogens with zero attached hydrogens (tertiary/aromatic N) is 2. The Kier molecular flexibility index (Phi) is 4.31. The van der Waals surface area contributed by atoms with Crippen LogP contribution in [0.2, 0.25) is 0 Å². The minimum atomic E-state index is -3.83. The smallest absolute Gasteiger partial charge is 0.241 e. The molecule has 130 valence electrons. The molecule has 1 aliphatic heterocycles. The van der Waals surface area contributed by atoms with E-state index in [-0.39, 0.29) is 10.8 Å². The molecule has 25 heavy (non-hydrogen) atoms. The molecule has 0 N–H and O–H groups in total. The number of aromatic nitrogens is 1. The van der Waals surface area contributed by atoms with Crippen molar-refractivity contribution in [1.29, 1.82) is 0 Å². The van der Waals surface area contributed by atoms with Gasteiger partial charge in [-0.15, -0.1) is 11.3 Å². The summed E-state index contributed by atoms with van der Waals surface area (Å²) in [5.74, 6) is -0.655. The van der Waals surface area contributed by atoms with E-state index in [1.165, 1.54) is 22.5 Å². The highest BCUT2D eigenvalue weighted by molar-refractivity contribution is 7.89.